The van der Waals surface area contributed by atoms with Crippen molar-refractivity contribution < 1.29 is 22.7 Å². The monoisotopic (exact) mass is 273 g/mol. The van der Waals surface area contributed by atoms with Gasteiger partial charge in [-0.2, -0.15) is 13.2 Å². The number of alkyl halides is 3. The first-order chi connectivity index (χ1) is 8.84. The van der Waals surface area contributed by atoms with Crippen LogP contribution >= 0.6 is 0 Å². The van der Waals surface area contributed by atoms with E-state index in [-0.39, 0.29) is 6.54 Å². The minimum absolute atomic E-state index is 0.0691. The molecule has 3 nitrogen and oxygen atoms in total. The maximum absolute atomic E-state index is 12.5. The number of amides is 1. The standard InChI is InChI=1S/C13H14F3NO2/c1-8-11-4-3-10(19-2)7-9(11)5-6-17(8)12(18)13(14,15)16/h3-4,7-8H,5-6H2,1-2H3. The average Bonchev–Trinajstić information content (AvgIpc) is 2.37. The highest BCUT2D eigenvalue weighted by Gasteiger charge is 2.45. The molecule has 1 unspecified atom stereocenters. The number of methoxy groups -OCH3 is 1. The predicted molar refractivity (Wildman–Crippen MR) is 62.9 cm³/mol. The highest BCUT2D eigenvalue weighted by atomic mass is 19.4. The molecule has 0 bridgehead atoms. The van der Waals surface area contributed by atoms with Crippen LogP contribution in [-0.2, 0) is 11.2 Å². The topological polar surface area (TPSA) is 29.5 Å². The van der Waals surface area contributed by atoms with Crippen molar-refractivity contribution in [1.82, 2.24) is 4.90 Å². The summed E-state index contributed by atoms with van der Waals surface area (Å²) in [4.78, 5) is 12.2. The number of hydrogen-bond donors (Lipinski definition) is 0. The molecular weight excluding hydrogens is 259 g/mol. The van der Waals surface area contributed by atoms with Gasteiger partial charge in [0.2, 0.25) is 0 Å². The fourth-order valence-electron chi connectivity index (χ4n) is 2.38. The summed E-state index contributed by atoms with van der Waals surface area (Å²) in [7, 11) is 1.54. The third kappa shape index (κ3) is 2.52. The molecular formula is C13H14F3NO2. The third-order valence-corrected chi connectivity index (χ3v) is 3.39. The van der Waals surface area contributed by atoms with E-state index in [1.807, 2.05) is 0 Å². The Morgan fingerprint density at radius 3 is 2.68 bits per heavy atom. The summed E-state index contributed by atoms with van der Waals surface area (Å²) in [5.41, 5.74) is 1.67. The summed E-state index contributed by atoms with van der Waals surface area (Å²) < 4.78 is 42.6. The highest BCUT2D eigenvalue weighted by molar-refractivity contribution is 5.82. The van der Waals surface area contributed by atoms with Crippen LogP contribution in [0.4, 0.5) is 13.2 Å². The molecule has 1 aromatic rings. The second kappa shape index (κ2) is 4.75. The van der Waals surface area contributed by atoms with Crippen molar-refractivity contribution in [2.75, 3.05) is 13.7 Å². The van der Waals surface area contributed by atoms with Gasteiger partial charge in [-0.15, -0.1) is 0 Å². The molecule has 0 saturated carbocycles. The van der Waals surface area contributed by atoms with Gasteiger partial charge in [-0.25, -0.2) is 0 Å². The molecule has 0 fully saturated rings. The molecule has 0 N–H and O–H groups in total. The molecule has 1 aromatic carbocycles. The van der Waals surface area contributed by atoms with E-state index in [1.165, 1.54) is 7.11 Å². The van der Waals surface area contributed by atoms with E-state index in [9.17, 15) is 18.0 Å². The van der Waals surface area contributed by atoms with E-state index in [4.69, 9.17) is 4.74 Å². The summed E-state index contributed by atoms with van der Waals surface area (Å²) in [5.74, 6) is -1.11. The van der Waals surface area contributed by atoms with Crippen LogP contribution in [0.2, 0.25) is 0 Å². The van der Waals surface area contributed by atoms with E-state index < -0.39 is 18.1 Å². The smallest absolute Gasteiger partial charge is 0.471 e. The molecule has 19 heavy (non-hydrogen) atoms. The molecule has 1 atom stereocenters. The van der Waals surface area contributed by atoms with Crippen LogP contribution in [0.25, 0.3) is 0 Å². The number of halogens is 3. The summed E-state index contributed by atoms with van der Waals surface area (Å²) >= 11 is 0. The van der Waals surface area contributed by atoms with Crippen molar-refractivity contribution >= 4 is 5.91 Å². The molecule has 0 saturated heterocycles. The van der Waals surface area contributed by atoms with Crippen LogP contribution in [0.5, 0.6) is 5.75 Å². The van der Waals surface area contributed by atoms with Crippen molar-refractivity contribution in [1.29, 1.82) is 0 Å². The van der Waals surface area contributed by atoms with Gasteiger partial charge < -0.3 is 9.64 Å². The van der Waals surface area contributed by atoms with Crippen molar-refractivity contribution in [3.05, 3.63) is 29.3 Å². The molecule has 2 rings (SSSR count). The Labute approximate surface area is 109 Å². The van der Waals surface area contributed by atoms with Crippen molar-refractivity contribution in [2.24, 2.45) is 0 Å². The molecule has 6 heteroatoms. The largest absolute Gasteiger partial charge is 0.497 e. The average molecular weight is 273 g/mol. The van der Waals surface area contributed by atoms with Gasteiger partial charge in [0, 0.05) is 6.54 Å². The minimum Gasteiger partial charge on any atom is -0.497 e. The quantitative estimate of drug-likeness (QED) is 0.787. The lowest BCUT2D eigenvalue weighted by molar-refractivity contribution is -0.188. The second-order valence-electron chi connectivity index (χ2n) is 4.49. The maximum atomic E-state index is 12.5. The molecule has 1 heterocycles. The number of ether oxygens (including phenoxy) is 1. The second-order valence-corrected chi connectivity index (χ2v) is 4.49. The number of rotatable bonds is 1. The van der Waals surface area contributed by atoms with Crippen molar-refractivity contribution in [2.45, 2.75) is 25.6 Å². The maximum Gasteiger partial charge on any atom is 0.471 e. The molecule has 1 aliphatic rings. The first kappa shape index (κ1) is 13.7. The summed E-state index contributed by atoms with van der Waals surface area (Å²) in [6.45, 7) is 1.67. The SMILES string of the molecule is COc1ccc2c(c1)CCN(C(=O)C(F)(F)F)C2C. The third-order valence-electron chi connectivity index (χ3n) is 3.39. The van der Waals surface area contributed by atoms with E-state index in [1.54, 1.807) is 25.1 Å². The first-order valence-electron chi connectivity index (χ1n) is 5.89. The number of carbonyl (C=O) groups excluding carboxylic acids is 1. The lowest BCUT2D eigenvalue weighted by Crippen LogP contribution is -2.45. The molecule has 0 aromatic heterocycles. The molecule has 0 radical (unpaired) electrons. The van der Waals surface area contributed by atoms with Crippen molar-refractivity contribution in [3.8, 4) is 5.75 Å². The zero-order valence-corrected chi connectivity index (χ0v) is 10.6. The van der Waals surface area contributed by atoms with Gasteiger partial charge in [0.1, 0.15) is 5.75 Å². The number of carbonyl (C=O) groups is 1. The number of fused-ring (bicyclic) bond motifs is 1. The summed E-state index contributed by atoms with van der Waals surface area (Å²) in [6, 6.07) is 4.64. The van der Waals surface area contributed by atoms with Gasteiger partial charge in [-0.05, 0) is 36.6 Å². The predicted octanol–water partition coefficient (Wildman–Crippen LogP) is 2.70. The van der Waals surface area contributed by atoms with Gasteiger partial charge in [0.15, 0.2) is 0 Å². The van der Waals surface area contributed by atoms with Crippen LogP contribution in [0.1, 0.15) is 24.1 Å². The fraction of sp³-hybridized carbons (Fsp3) is 0.462. The number of hydrogen-bond acceptors (Lipinski definition) is 2. The van der Waals surface area contributed by atoms with E-state index in [2.05, 4.69) is 0 Å². The first-order valence-corrected chi connectivity index (χ1v) is 5.89. The molecule has 1 aliphatic heterocycles. The van der Waals surface area contributed by atoms with Crippen LogP contribution in [0, 0.1) is 0 Å². The van der Waals surface area contributed by atoms with Gasteiger partial charge in [0.05, 0.1) is 13.2 Å². The van der Waals surface area contributed by atoms with E-state index in [0.29, 0.717) is 12.2 Å². The zero-order chi connectivity index (χ0) is 14.2. The Morgan fingerprint density at radius 1 is 1.42 bits per heavy atom. The Balaban J connectivity index is 2.30. The Bertz CT molecular complexity index is 499. The Kier molecular flexibility index (Phi) is 3.43. The fourth-order valence-corrected chi connectivity index (χ4v) is 2.38. The highest BCUT2D eigenvalue weighted by Crippen LogP contribution is 2.34. The van der Waals surface area contributed by atoms with Gasteiger partial charge >= 0.3 is 12.1 Å². The van der Waals surface area contributed by atoms with Gasteiger partial charge in [0.25, 0.3) is 0 Å². The van der Waals surface area contributed by atoms with Crippen LogP contribution in [0.15, 0.2) is 18.2 Å². The molecule has 104 valence electrons. The summed E-state index contributed by atoms with van der Waals surface area (Å²) in [6.07, 6.45) is -4.42. The van der Waals surface area contributed by atoms with Gasteiger partial charge in [-0.3, -0.25) is 4.79 Å². The number of nitrogens with zero attached hydrogens (tertiary/aromatic N) is 1. The Morgan fingerprint density at radius 2 is 2.11 bits per heavy atom. The normalized spacial score (nSPS) is 19.0. The molecule has 1 amide bonds. The zero-order valence-electron chi connectivity index (χ0n) is 10.6. The van der Waals surface area contributed by atoms with Crippen LogP contribution < -0.4 is 4.74 Å². The Hall–Kier alpha value is -1.72. The number of benzene rings is 1. The van der Waals surface area contributed by atoms with E-state index >= 15 is 0 Å². The molecule has 0 spiro atoms. The minimum atomic E-state index is -4.82. The molecule has 0 aliphatic carbocycles. The van der Waals surface area contributed by atoms with Crippen LogP contribution in [0.3, 0.4) is 0 Å². The lowest BCUT2D eigenvalue weighted by Gasteiger charge is -2.35. The van der Waals surface area contributed by atoms with Crippen molar-refractivity contribution in [3.63, 3.8) is 0 Å². The summed E-state index contributed by atoms with van der Waals surface area (Å²) in [5, 5.41) is 0. The van der Waals surface area contributed by atoms with Crippen LogP contribution in [-0.4, -0.2) is 30.6 Å². The van der Waals surface area contributed by atoms with Gasteiger partial charge in [-0.1, -0.05) is 6.07 Å². The van der Waals surface area contributed by atoms with E-state index in [0.717, 1.165) is 16.0 Å². The lowest BCUT2D eigenvalue weighted by atomic mass is 9.93.